The maximum Gasteiger partial charge on any atom is 0.154 e. The Morgan fingerprint density at radius 1 is 1.67 bits per heavy atom. The van der Waals surface area contributed by atoms with Gasteiger partial charge < -0.3 is 4.74 Å². The lowest BCUT2D eigenvalue weighted by atomic mass is 10.2. The molecule has 1 unspecified atom stereocenters. The van der Waals surface area contributed by atoms with Crippen LogP contribution in [-0.4, -0.2) is 13.3 Å². The van der Waals surface area contributed by atoms with E-state index < -0.39 is 0 Å². The van der Waals surface area contributed by atoms with E-state index in [-0.39, 0.29) is 6.23 Å². The smallest absolute Gasteiger partial charge is 0.154 e. The predicted octanol–water partition coefficient (Wildman–Crippen LogP) is 1.02. The summed E-state index contributed by atoms with van der Waals surface area (Å²) in [7, 11) is 1.86. The maximum absolute atomic E-state index is 5.22. The second-order valence-electron chi connectivity index (χ2n) is 2.13. The third-order valence-corrected chi connectivity index (χ3v) is 1.43. The van der Waals surface area contributed by atoms with Gasteiger partial charge in [-0.3, -0.25) is 5.32 Å². The van der Waals surface area contributed by atoms with Gasteiger partial charge in [-0.2, -0.15) is 0 Å². The van der Waals surface area contributed by atoms with Crippen LogP contribution in [0.5, 0.6) is 0 Å². The number of rotatable bonds is 1. The van der Waals surface area contributed by atoms with Crippen molar-refractivity contribution in [1.82, 2.24) is 5.32 Å². The third-order valence-electron chi connectivity index (χ3n) is 1.43. The fourth-order valence-electron chi connectivity index (χ4n) is 0.795. The first-order chi connectivity index (χ1) is 4.24. The summed E-state index contributed by atoms with van der Waals surface area (Å²) in [6, 6.07) is 0. The van der Waals surface area contributed by atoms with Crippen LogP contribution in [0.1, 0.15) is 6.42 Å². The number of allylic oxidation sites excluding steroid dienone is 1. The monoisotopic (exact) mass is 125 g/mol. The summed E-state index contributed by atoms with van der Waals surface area (Å²) >= 11 is 0. The van der Waals surface area contributed by atoms with Gasteiger partial charge in [-0.1, -0.05) is 13.2 Å². The molecule has 0 aromatic carbocycles. The molecule has 0 spiro atoms. The summed E-state index contributed by atoms with van der Waals surface area (Å²) < 4.78 is 5.22. The molecule has 2 nitrogen and oxygen atoms in total. The standard InChI is InChI=1S/C7H11NO/c1-5-4-7(8-3)9-6(5)2/h7-8H,1-2,4H2,3H3. The van der Waals surface area contributed by atoms with E-state index in [1.54, 1.807) is 0 Å². The normalized spacial score (nSPS) is 26.6. The summed E-state index contributed by atoms with van der Waals surface area (Å²) in [5.41, 5.74) is 0.995. The summed E-state index contributed by atoms with van der Waals surface area (Å²) in [4.78, 5) is 0. The van der Waals surface area contributed by atoms with Gasteiger partial charge in [-0.05, 0) is 12.6 Å². The van der Waals surface area contributed by atoms with Crippen molar-refractivity contribution in [2.45, 2.75) is 12.6 Å². The van der Waals surface area contributed by atoms with E-state index in [9.17, 15) is 0 Å². The molecule has 0 amide bonds. The van der Waals surface area contributed by atoms with Crippen molar-refractivity contribution < 1.29 is 4.74 Å². The molecule has 1 rings (SSSR count). The maximum atomic E-state index is 5.22. The van der Waals surface area contributed by atoms with Crippen LogP contribution in [0.4, 0.5) is 0 Å². The first kappa shape index (κ1) is 6.36. The largest absolute Gasteiger partial charge is 0.475 e. The van der Waals surface area contributed by atoms with Crippen LogP contribution in [0.3, 0.4) is 0 Å². The Balaban J connectivity index is 2.54. The molecular formula is C7H11NO. The van der Waals surface area contributed by atoms with Crippen molar-refractivity contribution in [3.63, 3.8) is 0 Å². The Morgan fingerprint density at radius 3 is 2.56 bits per heavy atom. The van der Waals surface area contributed by atoms with Crippen molar-refractivity contribution in [2.75, 3.05) is 7.05 Å². The van der Waals surface area contributed by atoms with Crippen LogP contribution < -0.4 is 5.32 Å². The van der Waals surface area contributed by atoms with E-state index in [0.29, 0.717) is 5.76 Å². The fourth-order valence-corrected chi connectivity index (χ4v) is 0.795. The van der Waals surface area contributed by atoms with Crippen LogP contribution in [-0.2, 0) is 4.74 Å². The van der Waals surface area contributed by atoms with Crippen molar-refractivity contribution in [2.24, 2.45) is 0 Å². The Morgan fingerprint density at radius 2 is 2.33 bits per heavy atom. The molecule has 1 fully saturated rings. The van der Waals surface area contributed by atoms with Gasteiger partial charge in [0.2, 0.25) is 0 Å². The lowest BCUT2D eigenvalue weighted by molar-refractivity contribution is 0.137. The van der Waals surface area contributed by atoms with E-state index >= 15 is 0 Å². The molecule has 1 aliphatic heterocycles. The molecule has 0 saturated carbocycles. The number of nitrogens with one attached hydrogen (secondary N) is 1. The molecule has 0 radical (unpaired) electrons. The molecule has 9 heavy (non-hydrogen) atoms. The zero-order valence-corrected chi connectivity index (χ0v) is 5.61. The van der Waals surface area contributed by atoms with Crippen LogP contribution in [0.25, 0.3) is 0 Å². The van der Waals surface area contributed by atoms with Crippen LogP contribution in [0, 0.1) is 0 Å². The van der Waals surface area contributed by atoms with Crippen molar-refractivity contribution in [3.8, 4) is 0 Å². The molecule has 0 aromatic rings. The van der Waals surface area contributed by atoms with Gasteiger partial charge in [0.05, 0.1) is 0 Å². The Hall–Kier alpha value is -0.760. The zero-order valence-electron chi connectivity index (χ0n) is 5.61. The van der Waals surface area contributed by atoms with Crippen LogP contribution >= 0.6 is 0 Å². The summed E-state index contributed by atoms with van der Waals surface area (Å²) in [5.74, 6) is 0.717. The number of hydrogen-bond acceptors (Lipinski definition) is 2. The minimum absolute atomic E-state index is 0.102. The van der Waals surface area contributed by atoms with Gasteiger partial charge in [-0.15, -0.1) is 0 Å². The highest BCUT2D eigenvalue weighted by molar-refractivity contribution is 5.24. The minimum Gasteiger partial charge on any atom is -0.475 e. The summed E-state index contributed by atoms with van der Waals surface area (Å²) in [6.45, 7) is 7.44. The molecular weight excluding hydrogens is 114 g/mol. The SMILES string of the molecule is C=C1CC(NC)OC1=C. The molecule has 50 valence electrons. The Bertz CT molecular complexity index is 135. The zero-order chi connectivity index (χ0) is 6.85. The highest BCUT2D eigenvalue weighted by Crippen LogP contribution is 2.23. The highest BCUT2D eigenvalue weighted by atomic mass is 16.5. The molecule has 0 aromatic heterocycles. The predicted molar refractivity (Wildman–Crippen MR) is 36.8 cm³/mol. The lowest BCUT2D eigenvalue weighted by Crippen LogP contribution is -2.22. The summed E-state index contributed by atoms with van der Waals surface area (Å²) in [6.07, 6.45) is 0.958. The fraction of sp³-hybridized carbons (Fsp3) is 0.429. The van der Waals surface area contributed by atoms with Gasteiger partial charge >= 0.3 is 0 Å². The topological polar surface area (TPSA) is 21.3 Å². The van der Waals surface area contributed by atoms with Gasteiger partial charge in [0, 0.05) is 6.42 Å². The number of hydrogen-bond donors (Lipinski definition) is 1. The summed E-state index contributed by atoms with van der Waals surface area (Å²) in [5, 5.41) is 2.98. The Kier molecular flexibility index (Phi) is 1.58. The Labute approximate surface area is 55.2 Å². The average molecular weight is 125 g/mol. The van der Waals surface area contributed by atoms with Gasteiger partial charge in [0.1, 0.15) is 5.76 Å². The molecule has 1 atom stereocenters. The minimum atomic E-state index is 0.102. The highest BCUT2D eigenvalue weighted by Gasteiger charge is 2.19. The van der Waals surface area contributed by atoms with E-state index in [4.69, 9.17) is 4.74 Å². The molecule has 1 saturated heterocycles. The second kappa shape index (κ2) is 2.23. The molecule has 1 heterocycles. The first-order valence-corrected chi connectivity index (χ1v) is 2.95. The second-order valence-corrected chi connectivity index (χ2v) is 2.13. The van der Waals surface area contributed by atoms with Gasteiger partial charge in [0.15, 0.2) is 6.23 Å². The molecule has 1 aliphatic rings. The average Bonchev–Trinajstić information content (AvgIpc) is 2.13. The molecule has 2 heteroatoms. The van der Waals surface area contributed by atoms with Crippen LogP contribution in [0.2, 0.25) is 0 Å². The van der Waals surface area contributed by atoms with E-state index in [1.807, 2.05) is 7.05 Å². The molecule has 0 aliphatic carbocycles. The lowest BCUT2D eigenvalue weighted by Gasteiger charge is -2.05. The van der Waals surface area contributed by atoms with Gasteiger partial charge in [-0.25, -0.2) is 0 Å². The molecule has 1 N–H and O–H groups in total. The number of ether oxygens (including phenoxy) is 1. The third kappa shape index (κ3) is 1.13. The van der Waals surface area contributed by atoms with E-state index in [1.165, 1.54) is 0 Å². The first-order valence-electron chi connectivity index (χ1n) is 2.95. The molecule has 0 bridgehead atoms. The van der Waals surface area contributed by atoms with Gasteiger partial charge in [0.25, 0.3) is 0 Å². The van der Waals surface area contributed by atoms with Crippen LogP contribution in [0.15, 0.2) is 24.5 Å². The van der Waals surface area contributed by atoms with Crippen molar-refractivity contribution in [1.29, 1.82) is 0 Å². The van der Waals surface area contributed by atoms with E-state index in [0.717, 1.165) is 12.0 Å². The van der Waals surface area contributed by atoms with E-state index in [2.05, 4.69) is 18.5 Å². The quantitative estimate of drug-likeness (QED) is 0.565. The van der Waals surface area contributed by atoms with Crippen molar-refractivity contribution in [3.05, 3.63) is 24.5 Å². The van der Waals surface area contributed by atoms with Crippen molar-refractivity contribution >= 4 is 0 Å².